The molecule has 0 aliphatic heterocycles. The first-order valence-electron chi connectivity index (χ1n) is 10.7. The molecule has 0 saturated carbocycles. The van der Waals surface area contributed by atoms with E-state index in [9.17, 15) is 4.79 Å². The average molecular weight is 439 g/mol. The third-order valence-electron chi connectivity index (χ3n) is 5.14. The maximum Gasteiger partial charge on any atom is 0.277 e. The van der Waals surface area contributed by atoms with Gasteiger partial charge in [0.1, 0.15) is 0 Å². The highest BCUT2D eigenvalue weighted by atomic mass is 32.2. The molecule has 1 unspecified atom stereocenters. The monoisotopic (exact) mass is 438 g/mol. The van der Waals surface area contributed by atoms with E-state index in [1.165, 1.54) is 11.8 Å². The minimum atomic E-state index is -0.376. The fourth-order valence-electron chi connectivity index (χ4n) is 3.33. The molecular weight excluding hydrogens is 408 g/mol. The number of amides is 1. The number of hydrogen-bond donors (Lipinski definition) is 1. The van der Waals surface area contributed by atoms with Crippen LogP contribution in [-0.4, -0.2) is 34.4 Å². The maximum absolute atomic E-state index is 12.7. The fourth-order valence-corrected chi connectivity index (χ4v) is 4.01. The number of aromatic nitrogens is 2. The Hall–Kier alpha value is -2.80. The molecule has 0 saturated heterocycles. The van der Waals surface area contributed by atoms with Crippen molar-refractivity contribution in [1.82, 2.24) is 10.2 Å². The number of para-hydroxylation sites is 1. The van der Waals surface area contributed by atoms with Crippen LogP contribution >= 0.6 is 11.8 Å². The van der Waals surface area contributed by atoms with Crippen molar-refractivity contribution >= 4 is 29.0 Å². The van der Waals surface area contributed by atoms with Crippen molar-refractivity contribution in [3.8, 4) is 11.5 Å². The van der Waals surface area contributed by atoms with Crippen LogP contribution in [0, 0.1) is 0 Å². The lowest BCUT2D eigenvalue weighted by Gasteiger charge is -2.20. The van der Waals surface area contributed by atoms with Crippen LogP contribution in [0.2, 0.25) is 0 Å². The minimum Gasteiger partial charge on any atom is -0.411 e. The highest BCUT2D eigenvalue weighted by Gasteiger charge is 2.20. The molecule has 0 spiro atoms. The van der Waals surface area contributed by atoms with E-state index in [2.05, 4.69) is 60.2 Å². The van der Waals surface area contributed by atoms with Crippen molar-refractivity contribution in [1.29, 1.82) is 0 Å². The Morgan fingerprint density at radius 2 is 1.71 bits per heavy atom. The summed E-state index contributed by atoms with van der Waals surface area (Å²) in [5.74, 6) is 0.680. The first kappa shape index (κ1) is 22.9. The molecule has 1 atom stereocenters. The largest absolute Gasteiger partial charge is 0.411 e. The molecule has 1 N–H and O–H groups in total. The number of carbonyl (C=O) groups is 1. The topological polar surface area (TPSA) is 71.3 Å². The second-order valence-electron chi connectivity index (χ2n) is 7.58. The molecule has 31 heavy (non-hydrogen) atoms. The predicted octanol–water partition coefficient (Wildman–Crippen LogP) is 5.83. The second-order valence-corrected chi connectivity index (χ2v) is 8.88. The smallest absolute Gasteiger partial charge is 0.277 e. The van der Waals surface area contributed by atoms with E-state index in [-0.39, 0.29) is 11.2 Å². The Morgan fingerprint density at radius 3 is 2.35 bits per heavy atom. The van der Waals surface area contributed by atoms with Gasteiger partial charge in [-0.1, -0.05) is 43.8 Å². The molecule has 1 aromatic heterocycles. The van der Waals surface area contributed by atoms with Crippen LogP contribution in [0.25, 0.3) is 11.5 Å². The lowest BCUT2D eigenvalue weighted by atomic mass is 10.0. The number of hydrogen-bond acceptors (Lipinski definition) is 6. The summed E-state index contributed by atoms with van der Waals surface area (Å²) in [6.45, 7) is 12.2. The van der Waals surface area contributed by atoms with Gasteiger partial charge in [-0.05, 0) is 62.6 Å². The highest BCUT2D eigenvalue weighted by molar-refractivity contribution is 8.00. The van der Waals surface area contributed by atoms with Gasteiger partial charge in [0.25, 0.3) is 5.22 Å². The van der Waals surface area contributed by atoms with Gasteiger partial charge in [-0.2, -0.15) is 0 Å². The highest BCUT2D eigenvalue weighted by Crippen LogP contribution is 2.29. The molecule has 0 aliphatic carbocycles. The van der Waals surface area contributed by atoms with Gasteiger partial charge in [-0.25, -0.2) is 0 Å². The number of carbonyl (C=O) groups excluding carboxylic acids is 1. The molecule has 6 nitrogen and oxygen atoms in total. The number of thioether (sulfide) groups is 1. The van der Waals surface area contributed by atoms with Crippen molar-refractivity contribution < 1.29 is 9.21 Å². The van der Waals surface area contributed by atoms with Crippen molar-refractivity contribution in [2.45, 2.75) is 51.0 Å². The third kappa shape index (κ3) is 5.67. The molecule has 2 aromatic carbocycles. The lowest BCUT2D eigenvalue weighted by Crippen LogP contribution is -2.23. The van der Waals surface area contributed by atoms with Crippen LogP contribution in [0.4, 0.5) is 11.4 Å². The Balaban J connectivity index is 1.65. The Kier molecular flexibility index (Phi) is 7.74. The van der Waals surface area contributed by atoms with Crippen LogP contribution in [0.1, 0.15) is 46.1 Å². The van der Waals surface area contributed by atoms with Gasteiger partial charge in [0.15, 0.2) is 0 Å². The molecule has 3 aromatic rings. The summed E-state index contributed by atoms with van der Waals surface area (Å²) in [4.78, 5) is 15.0. The molecule has 3 rings (SSSR count). The SMILES string of the molecule is CCN(CC)c1ccc(-c2nnc(SC(C)C(=O)Nc3ccccc3C(C)C)o2)cc1. The molecule has 0 radical (unpaired) electrons. The Morgan fingerprint density at radius 1 is 1.03 bits per heavy atom. The van der Waals surface area contributed by atoms with Crippen molar-refractivity contribution in [2.24, 2.45) is 0 Å². The lowest BCUT2D eigenvalue weighted by molar-refractivity contribution is -0.115. The Bertz CT molecular complexity index is 997. The molecule has 1 amide bonds. The molecule has 7 heteroatoms. The maximum atomic E-state index is 12.7. The molecule has 0 bridgehead atoms. The predicted molar refractivity (Wildman–Crippen MR) is 128 cm³/mol. The molecule has 0 fully saturated rings. The number of anilines is 2. The summed E-state index contributed by atoms with van der Waals surface area (Å²) in [5.41, 5.74) is 3.98. The molecule has 1 heterocycles. The molecule has 164 valence electrons. The van der Waals surface area contributed by atoms with Gasteiger partial charge < -0.3 is 14.6 Å². The second kappa shape index (κ2) is 10.5. The summed E-state index contributed by atoms with van der Waals surface area (Å²) in [7, 11) is 0. The number of benzene rings is 2. The first-order valence-corrected chi connectivity index (χ1v) is 11.6. The number of nitrogens with one attached hydrogen (secondary N) is 1. The average Bonchev–Trinajstić information content (AvgIpc) is 3.23. The zero-order valence-corrected chi connectivity index (χ0v) is 19.6. The van der Waals surface area contributed by atoms with Gasteiger partial charge in [0.05, 0.1) is 5.25 Å². The van der Waals surface area contributed by atoms with Gasteiger partial charge >= 0.3 is 0 Å². The van der Waals surface area contributed by atoms with Gasteiger partial charge in [-0.3, -0.25) is 4.79 Å². The summed E-state index contributed by atoms with van der Waals surface area (Å²) in [5, 5.41) is 11.3. The van der Waals surface area contributed by atoms with E-state index < -0.39 is 0 Å². The van der Waals surface area contributed by atoms with E-state index in [1.54, 1.807) is 0 Å². The summed E-state index contributed by atoms with van der Waals surface area (Å²) < 4.78 is 5.80. The molecular formula is C24H30N4O2S. The van der Waals surface area contributed by atoms with E-state index in [4.69, 9.17) is 4.42 Å². The van der Waals surface area contributed by atoms with E-state index >= 15 is 0 Å². The number of rotatable bonds is 9. The van der Waals surface area contributed by atoms with E-state index in [0.29, 0.717) is 17.0 Å². The van der Waals surface area contributed by atoms with Crippen molar-refractivity contribution in [3.63, 3.8) is 0 Å². The zero-order valence-electron chi connectivity index (χ0n) is 18.8. The zero-order chi connectivity index (χ0) is 22.4. The fraction of sp³-hybridized carbons (Fsp3) is 0.375. The van der Waals surface area contributed by atoms with Crippen LogP contribution in [0.3, 0.4) is 0 Å². The summed E-state index contributed by atoms with van der Waals surface area (Å²) in [6.07, 6.45) is 0. The van der Waals surface area contributed by atoms with Crippen molar-refractivity contribution in [2.75, 3.05) is 23.3 Å². The summed E-state index contributed by atoms with van der Waals surface area (Å²) >= 11 is 1.26. The Labute approximate surface area is 188 Å². The van der Waals surface area contributed by atoms with Crippen LogP contribution < -0.4 is 10.2 Å². The van der Waals surface area contributed by atoms with Crippen LogP contribution in [0.15, 0.2) is 58.2 Å². The van der Waals surface area contributed by atoms with E-state index in [1.807, 2.05) is 43.3 Å². The quantitative estimate of drug-likeness (QED) is 0.424. The third-order valence-corrected chi connectivity index (χ3v) is 6.07. The van der Waals surface area contributed by atoms with Crippen molar-refractivity contribution in [3.05, 3.63) is 54.1 Å². The first-order chi connectivity index (χ1) is 14.9. The minimum absolute atomic E-state index is 0.0959. The van der Waals surface area contributed by atoms with Crippen LogP contribution in [-0.2, 0) is 4.79 Å². The summed E-state index contributed by atoms with van der Waals surface area (Å²) in [6, 6.07) is 15.9. The van der Waals surface area contributed by atoms with Gasteiger partial charge in [0.2, 0.25) is 11.8 Å². The number of nitrogens with zero attached hydrogens (tertiary/aromatic N) is 3. The van der Waals surface area contributed by atoms with E-state index in [0.717, 1.165) is 35.6 Å². The molecule has 0 aliphatic rings. The van der Waals surface area contributed by atoms with Crippen LogP contribution in [0.5, 0.6) is 0 Å². The standard InChI is InChI=1S/C24H30N4O2S/c1-6-28(7-2)19-14-12-18(13-15-19)23-26-27-24(30-23)31-17(5)22(29)25-21-11-9-8-10-20(21)16(3)4/h8-17H,6-7H2,1-5H3,(H,25,29). The normalized spacial score (nSPS) is 12.1. The van der Waals surface area contributed by atoms with Gasteiger partial charge in [0, 0.05) is 30.0 Å². The van der Waals surface area contributed by atoms with Gasteiger partial charge in [-0.15, -0.1) is 10.2 Å².